The molecule has 0 bridgehead atoms. The van der Waals surface area contributed by atoms with Gasteiger partial charge in [0.05, 0.1) is 16.4 Å². The smallest absolute Gasteiger partial charge is 0.0850 e. The molecule has 1 N–H and O–H groups in total. The normalized spacial score (nSPS) is 17.8. The zero-order valence-corrected chi connectivity index (χ0v) is 13.5. The van der Waals surface area contributed by atoms with Crippen LogP contribution in [0.15, 0.2) is 24.3 Å². The Labute approximate surface area is 131 Å². The molecule has 0 spiro atoms. The molecule has 0 aliphatic carbocycles. The van der Waals surface area contributed by atoms with Gasteiger partial charge in [-0.15, -0.1) is 0 Å². The second-order valence-electron chi connectivity index (χ2n) is 5.54. The highest BCUT2D eigenvalue weighted by atomic mass is 35.5. The molecule has 3 nitrogen and oxygen atoms in total. The summed E-state index contributed by atoms with van der Waals surface area (Å²) in [5.74, 6) is 0. The van der Waals surface area contributed by atoms with Gasteiger partial charge in [-0.3, -0.25) is 4.68 Å². The number of hydrogen-bond acceptors (Lipinski definition) is 2. The van der Waals surface area contributed by atoms with Gasteiger partial charge in [0.25, 0.3) is 0 Å². The van der Waals surface area contributed by atoms with E-state index >= 15 is 0 Å². The fourth-order valence-electron chi connectivity index (χ4n) is 3.18. The Morgan fingerprint density at radius 3 is 2.90 bits per heavy atom. The average molecular weight is 304 g/mol. The summed E-state index contributed by atoms with van der Waals surface area (Å²) in [6, 6.07) is 9.04. The summed E-state index contributed by atoms with van der Waals surface area (Å²) in [4.78, 5) is 0. The molecule has 0 amide bonds. The molecule has 4 heteroatoms. The molecule has 21 heavy (non-hydrogen) atoms. The van der Waals surface area contributed by atoms with Crippen molar-refractivity contribution < 1.29 is 0 Å². The van der Waals surface area contributed by atoms with Crippen molar-refractivity contribution in [2.45, 2.75) is 45.7 Å². The second-order valence-corrected chi connectivity index (χ2v) is 5.91. The summed E-state index contributed by atoms with van der Waals surface area (Å²) in [6.07, 6.45) is 2.89. The van der Waals surface area contributed by atoms with Crippen LogP contribution < -0.4 is 5.32 Å². The Balaban J connectivity index is 1.93. The Morgan fingerprint density at radius 2 is 2.14 bits per heavy atom. The minimum Gasteiger partial charge on any atom is -0.309 e. The number of fused-ring (bicyclic) bond motifs is 1. The van der Waals surface area contributed by atoms with Crippen LogP contribution in [0.2, 0.25) is 5.02 Å². The summed E-state index contributed by atoms with van der Waals surface area (Å²) >= 11 is 6.54. The van der Waals surface area contributed by atoms with Crippen molar-refractivity contribution >= 4 is 11.6 Å². The third-order valence-corrected chi connectivity index (χ3v) is 4.74. The number of nitrogens with zero attached hydrogens (tertiary/aromatic N) is 2. The quantitative estimate of drug-likeness (QED) is 0.936. The van der Waals surface area contributed by atoms with E-state index in [4.69, 9.17) is 11.6 Å². The zero-order chi connectivity index (χ0) is 14.8. The fourth-order valence-corrected chi connectivity index (χ4v) is 3.53. The van der Waals surface area contributed by atoms with Crippen LogP contribution >= 0.6 is 11.6 Å². The van der Waals surface area contributed by atoms with Crippen molar-refractivity contribution in [3.63, 3.8) is 0 Å². The topological polar surface area (TPSA) is 29.9 Å². The van der Waals surface area contributed by atoms with Crippen LogP contribution in [0.4, 0.5) is 0 Å². The molecule has 3 rings (SSSR count). The molecule has 0 radical (unpaired) electrons. The summed E-state index contributed by atoms with van der Waals surface area (Å²) in [5, 5.41) is 9.11. The van der Waals surface area contributed by atoms with Crippen molar-refractivity contribution in [3.8, 4) is 0 Å². The van der Waals surface area contributed by atoms with Crippen LogP contribution in [0.3, 0.4) is 0 Å². The lowest BCUT2D eigenvalue weighted by atomic mass is 9.91. The van der Waals surface area contributed by atoms with E-state index in [1.807, 2.05) is 0 Å². The highest BCUT2D eigenvalue weighted by molar-refractivity contribution is 6.31. The van der Waals surface area contributed by atoms with Crippen LogP contribution in [-0.4, -0.2) is 16.3 Å². The van der Waals surface area contributed by atoms with Gasteiger partial charge >= 0.3 is 0 Å². The van der Waals surface area contributed by atoms with Crippen LogP contribution in [0.25, 0.3) is 0 Å². The van der Waals surface area contributed by atoms with Gasteiger partial charge in [0, 0.05) is 19.0 Å². The first-order valence-corrected chi connectivity index (χ1v) is 8.17. The van der Waals surface area contributed by atoms with Crippen LogP contribution in [0.5, 0.6) is 0 Å². The second kappa shape index (κ2) is 6.20. The Bertz CT molecular complexity index is 633. The lowest BCUT2D eigenvalue weighted by molar-refractivity contribution is 0.481. The number of nitrogens with one attached hydrogen (secondary N) is 1. The van der Waals surface area contributed by atoms with E-state index in [1.54, 1.807) is 0 Å². The van der Waals surface area contributed by atoms with Crippen molar-refractivity contribution in [1.82, 2.24) is 15.1 Å². The summed E-state index contributed by atoms with van der Waals surface area (Å²) in [7, 11) is 0. The van der Waals surface area contributed by atoms with Crippen LogP contribution in [0.1, 0.15) is 42.4 Å². The molecule has 0 fully saturated rings. The maximum absolute atomic E-state index is 6.54. The highest BCUT2D eigenvalue weighted by Gasteiger charge is 2.23. The van der Waals surface area contributed by atoms with Crippen molar-refractivity contribution in [1.29, 1.82) is 0 Å². The minimum atomic E-state index is 0.333. The molecule has 1 unspecified atom stereocenters. The van der Waals surface area contributed by atoms with E-state index in [-0.39, 0.29) is 0 Å². The largest absolute Gasteiger partial charge is 0.309 e. The molecule has 2 heterocycles. The van der Waals surface area contributed by atoms with E-state index in [2.05, 4.69) is 53.2 Å². The first-order valence-electron chi connectivity index (χ1n) is 7.79. The molecule has 1 aliphatic rings. The summed E-state index contributed by atoms with van der Waals surface area (Å²) in [6.45, 7) is 6.12. The molecular formula is C17H22ClN3. The Morgan fingerprint density at radius 1 is 1.33 bits per heavy atom. The minimum absolute atomic E-state index is 0.333. The molecule has 2 aromatic rings. The predicted molar refractivity (Wildman–Crippen MR) is 86.9 cm³/mol. The molecule has 1 atom stereocenters. The molecular weight excluding hydrogens is 282 g/mol. The number of aromatic nitrogens is 2. The number of halogens is 1. The zero-order valence-electron chi connectivity index (χ0n) is 12.7. The summed E-state index contributed by atoms with van der Waals surface area (Å²) in [5.41, 5.74) is 5.03. The van der Waals surface area contributed by atoms with E-state index in [0.29, 0.717) is 6.04 Å². The first-order chi connectivity index (χ1) is 10.2. The Kier molecular flexibility index (Phi) is 4.32. The van der Waals surface area contributed by atoms with Gasteiger partial charge in [-0.1, -0.05) is 42.8 Å². The first kappa shape index (κ1) is 14.6. The third-order valence-electron chi connectivity index (χ3n) is 4.31. The molecule has 1 aliphatic heterocycles. The van der Waals surface area contributed by atoms with Crippen molar-refractivity contribution in [2.24, 2.45) is 0 Å². The fraction of sp³-hybridized carbons (Fsp3) is 0.471. The van der Waals surface area contributed by atoms with E-state index < -0.39 is 0 Å². The SMILES string of the molecule is CCc1nn(CC)c(CC2NCCc3ccccc32)c1Cl. The van der Waals surface area contributed by atoms with Gasteiger partial charge in [0.1, 0.15) is 0 Å². The van der Waals surface area contributed by atoms with Crippen LogP contribution in [0, 0.1) is 0 Å². The van der Waals surface area contributed by atoms with E-state index in [9.17, 15) is 0 Å². The number of hydrogen-bond donors (Lipinski definition) is 1. The van der Waals surface area contributed by atoms with Crippen LogP contribution in [-0.2, 0) is 25.8 Å². The van der Waals surface area contributed by atoms with Crippen molar-refractivity contribution in [2.75, 3.05) is 6.54 Å². The van der Waals surface area contributed by atoms with Gasteiger partial charge in [-0.2, -0.15) is 5.10 Å². The number of rotatable bonds is 4. The van der Waals surface area contributed by atoms with Crippen molar-refractivity contribution in [3.05, 3.63) is 51.8 Å². The third kappa shape index (κ3) is 2.72. The molecule has 0 saturated heterocycles. The molecule has 1 aromatic carbocycles. The predicted octanol–water partition coefficient (Wildman–Crippen LogP) is 3.55. The maximum atomic E-state index is 6.54. The van der Waals surface area contributed by atoms with E-state index in [0.717, 1.165) is 48.8 Å². The van der Waals surface area contributed by atoms with Gasteiger partial charge < -0.3 is 5.32 Å². The van der Waals surface area contributed by atoms with E-state index in [1.165, 1.54) is 11.1 Å². The lowest BCUT2D eigenvalue weighted by Crippen LogP contribution is -2.31. The monoisotopic (exact) mass is 303 g/mol. The maximum Gasteiger partial charge on any atom is 0.0850 e. The molecule has 112 valence electrons. The van der Waals surface area contributed by atoms with Gasteiger partial charge in [0.2, 0.25) is 0 Å². The average Bonchev–Trinajstić information content (AvgIpc) is 2.83. The lowest BCUT2D eigenvalue weighted by Gasteiger charge is -2.27. The summed E-state index contributed by atoms with van der Waals surface area (Å²) < 4.78 is 2.06. The standard InChI is InChI=1S/C17H22ClN3/c1-3-14-17(18)16(21(4-2)20-14)11-15-13-8-6-5-7-12(13)9-10-19-15/h5-8,15,19H,3-4,9-11H2,1-2H3. The number of aryl methyl sites for hydroxylation is 2. The van der Waals surface area contributed by atoms with Gasteiger partial charge in [-0.05, 0) is 37.4 Å². The molecule has 0 saturated carbocycles. The molecule has 1 aromatic heterocycles. The number of benzene rings is 1. The highest BCUT2D eigenvalue weighted by Crippen LogP contribution is 2.30. The van der Waals surface area contributed by atoms with Gasteiger partial charge in [0.15, 0.2) is 0 Å². The van der Waals surface area contributed by atoms with Gasteiger partial charge in [-0.25, -0.2) is 0 Å². The Hall–Kier alpha value is -1.32.